The summed E-state index contributed by atoms with van der Waals surface area (Å²) in [6, 6.07) is 11.6. The largest absolute Gasteiger partial charge is 0.467 e. The quantitative estimate of drug-likeness (QED) is 0.790. The number of hydrogen-bond acceptors (Lipinski definition) is 3. The Morgan fingerprint density at radius 1 is 1.27 bits per heavy atom. The molecule has 74 valence electrons. The van der Waals surface area contributed by atoms with Crippen molar-refractivity contribution in [1.29, 1.82) is 5.26 Å². The molecule has 1 aliphatic heterocycles. The third-order valence-electron chi connectivity index (χ3n) is 1.99. The summed E-state index contributed by atoms with van der Waals surface area (Å²) in [7, 11) is 0. The number of para-hydroxylation sites is 1. The summed E-state index contributed by atoms with van der Waals surface area (Å²) >= 11 is 0. The Bertz CT molecular complexity index is 429. The van der Waals surface area contributed by atoms with E-state index in [1.165, 1.54) is 0 Å². The molecule has 0 unspecified atom stereocenters. The predicted octanol–water partition coefficient (Wildman–Crippen LogP) is 1.96. The van der Waals surface area contributed by atoms with Crippen LogP contribution in [0, 0.1) is 11.3 Å². The summed E-state index contributed by atoms with van der Waals surface area (Å²) < 4.78 is 5.60. The van der Waals surface area contributed by atoms with Gasteiger partial charge in [0.1, 0.15) is 11.8 Å². The lowest BCUT2D eigenvalue weighted by Gasteiger charge is -2.18. The smallest absolute Gasteiger partial charge is 0.189 e. The average Bonchev–Trinajstić information content (AvgIpc) is 2.31. The molecule has 3 nitrogen and oxygen atoms in total. The van der Waals surface area contributed by atoms with Gasteiger partial charge in [-0.1, -0.05) is 18.2 Å². The molecule has 1 aliphatic rings. The highest BCUT2D eigenvalue weighted by atomic mass is 16.5. The monoisotopic (exact) mass is 198 g/mol. The predicted molar refractivity (Wildman–Crippen MR) is 56.8 cm³/mol. The van der Waals surface area contributed by atoms with Gasteiger partial charge in [-0.3, -0.25) is 0 Å². The fourth-order valence-electron chi connectivity index (χ4n) is 1.26. The lowest BCUT2D eigenvalue weighted by molar-refractivity contribution is 0.227. The molecular weight excluding hydrogens is 188 g/mol. The van der Waals surface area contributed by atoms with Gasteiger partial charge in [0.25, 0.3) is 0 Å². The number of nitrogens with zero attached hydrogens (tertiary/aromatic N) is 1. The third-order valence-corrected chi connectivity index (χ3v) is 1.99. The van der Waals surface area contributed by atoms with Crippen LogP contribution in [0.5, 0.6) is 5.75 Å². The van der Waals surface area contributed by atoms with Gasteiger partial charge >= 0.3 is 0 Å². The van der Waals surface area contributed by atoms with Crippen molar-refractivity contribution in [2.75, 3.05) is 0 Å². The Labute approximate surface area is 88.3 Å². The summed E-state index contributed by atoms with van der Waals surface area (Å²) in [4.78, 5) is 0. The van der Waals surface area contributed by atoms with E-state index in [4.69, 9.17) is 10.00 Å². The third kappa shape index (κ3) is 2.38. The first kappa shape index (κ1) is 9.35. The molecule has 0 saturated heterocycles. The van der Waals surface area contributed by atoms with Crippen LogP contribution in [0.2, 0.25) is 0 Å². The second kappa shape index (κ2) is 4.34. The molecule has 0 aromatic heterocycles. The first-order valence-electron chi connectivity index (χ1n) is 4.65. The molecule has 0 aliphatic carbocycles. The van der Waals surface area contributed by atoms with Crippen LogP contribution in [-0.4, -0.2) is 6.23 Å². The summed E-state index contributed by atoms with van der Waals surface area (Å²) in [5.74, 6) is 0.799. The second-order valence-electron chi connectivity index (χ2n) is 3.09. The van der Waals surface area contributed by atoms with Crippen molar-refractivity contribution in [3.05, 3.63) is 54.3 Å². The zero-order valence-corrected chi connectivity index (χ0v) is 8.05. The number of benzene rings is 1. The number of rotatable bonds is 2. The minimum Gasteiger partial charge on any atom is -0.467 e. The first-order chi connectivity index (χ1) is 7.38. The fourth-order valence-corrected chi connectivity index (χ4v) is 1.26. The molecule has 0 saturated carbocycles. The van der Waals surface area contributed by atoms with E-state index in [9.17, 15) is 0 Å². The Morgan fingerprint density at radius 3 is 2.67 bits per heavy atom. The number of hydrogen-bond donors (Lipinski definition) is 1. The molecule has 1 atom stereocenters. The molecule has 1 aromatic carbocycles. The van der Waals surface area contributed by atoms with E-state index in [2.05, 4.69) is 5.32 Å². The van der Waals surface area contributed by atoms with Crippen LogP contribution in [0.3, 0.4) is 0 Å². The zero-order valence-electron chi connectivity index (χ0n) is 8.05. The van der Waals surface area contributed by atoms with E-state index < -0.39 is 0 Å². The molecule has 3 heteroatoms. The van der Waals surface area contributed by atoms with E-state index in [0.29, 0.717) is 5.57 Å². The number of ether oxygens (including phenoxy) is 1. The van der Waals surface area contributed by atoms with E-state index in [0.717, 1.165) is 5.75 Å². The van der Waals surface area contributed by atoms with Crippen molar-refractivity contribution < 1.29 is 4.74 Å². The minimum atomic E-state index is -0.204. The Morgan fingerprint density at radius 2 is 2.07 bits per heavy atom. The SMILES string of the molecule is N#CC1=CN[C@@H](Oc2ccccc2)C=C1. The molecule has 1 heterocycles. The maximum Gasteiger partial charge on any atom is 0.189 e. The first-order valence-corrected chi connectivity index (χ1v) is 4.65. The number of dihydropyridines is 1. The van der Waals surface area contributed by atoms with Gasteiger partial charge in [0, 0.05) is 6.20 Å². The molecule has 15 heavy (non-hydrogen) atoms. The zero-order chi connectivity index (χ0) is 10.5. The minimum absolute atomic E-state index is 0.204. The van der Waals surface area contributed by atoms with Crippen molar-refractivity contribution in [1.82, 2.24) is 5.32 Å². The van der Waals surface area contributed by atoms with Crippen LogP contribution < -0.4 is 10.1 Å². The summed E-state index contributed by atoms with van der Waals surface area (Å²) in [5.41, 5.74) is 0.600. The Balaban J connectivity index is 1.98. The number of allylic oxidation sites excluding steroid dienone is 2. The maximum atomic E-state index is 8.62. The lowest BCUT2D eigenvalue weighted by atomic mass is 10.2. The van der Waals surface area contributed by atoms with Crippen LogP contribution in [0.4, 0.5) is 0 Å². The lowest BCUT2D eigenvalue weighted by Crippen LogP contribution is -2.30. The van der Waals surface area contributed by atoms with Crippen molar-refractivity contribution in [2.24, 2.45) is 0 Å². The van der Waals surface area contributed by atoms with Crippen molar-refractivity contribution in [3.8, 4) is 11.8 Å². The normalized spacial score (nSPS) is 18.6. The molecule has 2 rings (SSSR count). The fraction of sp³-hybridized carbons (Fsp3) is 0.0833. The van der Waals surface area contributed by atoms with Crippen molar-refractivity contribution in [2.45, 2.75) is 6.23 Å². The van der Waals surface area contributed by atoms with Crippen LogP contribution in [0.25, 0.3) is 0 Å². The highest BCUT2D eigenvalue weighted by molar-refractivity contribution is 5.35. The number of nitriles is 1. The average molecular weight is 198 g/mol. The summed E-state index contributed by atoms with van der Waals surface area (Å²) in [6.07, 6.45) is 4.99. The number of nitrogens with one attached hydrogen (secondary N) is 1. The molecule has 0 fully saturated rings. The summed E-state index contributed by atoms with van der Waals surface area (Å²) in [5, 5.41) is 11.6. The highest BCUT2D eigenvalue weighted by Gasteiger charge is 2.07. The Kier molecular flexibility index (Phi) is 2.70. The topological polar surface area (TPSA) is 45.0 Å². The van der Waals surface area contributed by atoms with E-state index in [1.54, 1.807) is 12.3 Å². The van der Waals surface area contributed by atoms with Crippen LogP contribution in [0.1, 0.15) is 0 Å². The van der Waals surface area contributed by atoms with E-state index in [-0.39, 0.29) is 6.23 Å². The van der Waals surface area contributed by atoms with E-state index in [1.807, 2.05) is 42.5 Å². The van der Waals surface area contributed by atoms with E-state index >= 15 is 0 Å². The molecule has 0 spiro atoms. The van der Waals surface area contributed by atoms with Gasteiger partial charge in [-0.15, -0.1) is 0 Å². The van der Waals surface area contributed by atoms with Crippen LogP contribution in [-0.2, 0) is 0 Å². The van der Waals surface area contributed by atoms with Crippen LogP contribution in [0.15, 0.2) is 54.3 Å². The van der Waals surface area contributed by atoms with Gasteiger partial charge in [0.05, 0.1) is 5.57 Å². The van der Waals surface area contributed by atoms with Crippen molar-refractivity contribution >= 4 is 0 Å². The van der Waals surface area contributed by atoms with Gasteiger partial charge in [-0.05, 0) is 24.3 Å². The molecule has 0 bridgehead atoms. The van der Waals surface area contributed by atoms with Crippen LogP contribution >= 0.6 is 0 Å². The van der Waals surface area contributed by atoms with Gasteiger partial charge in [0.2, 0.25) is 0 Å². The molecule has 0 radical (unpaired) electrons. The van der Waals surface area contributed by atoms with Gasteiger partial charge in [-0.2, -0.15) is 5.26 Å². The molecular formula is C12H10N2O. The molecule has 1 aromatic rings. The highest BCUT2D eigenvalue weighted by Crippen LogP contribution is 2.12. The van der Waals surface area contributed by atoms with Gasteiger partial charge in [0.15, 0.2) is 6.23 Å². The summed E-state index contributed by atoms with van der Waals surface area (Å²) in [6.45, 7) is 0. The second-order valence-corrected chi connectivity index (χ2v) is 3.09. The molecule has 0 amide bonds. The van der Waals surface area contributed by atoms with Gasteiger partial charge in [-0.25, -0.2) is 0 Å². The van der Waals surface area contributed by atoms with Crippen molar-refractivity contribution in [3.63, 3.8) is 0 Å². The Hall–Kier alpha value is -2.21. The maximum absolute atomic E-state index is 8.62. The van der Waals surface area contributed by atoms with Gasteiger partial charge < -0.3 is 10.1 Å². The molecule has 1 N–H and O–H groups in total. The standard InChI is InChI=1S/C12H10N2O/c13-8-10-6-7-12(14-9-10)15-11-4-2-1-3-5-11/h1-7,9,12,14H/t12-/m0/s1.